The monoisotopic (exact) mass is 380 g/mol. The zero-order valence-corrected chi connectivity index (χ0v) is 15.0. The number of carbonyl (C=O) groups is 1. The first-order valence-corrected chi connectivity index (χ1v) is 8.18. The second-order valence-corrected chi connectivity index (χ2v) is 5.95. The number of alkyl halides is 3. The highest BCUT2D eigenvalue weighted by Gasteiger charge is 2.30. The van der Waals surface area contributed by atoms with Crippen LogP contribution in [0.3, 0.4) is 0 Å². The van der Waals surface area contributed by atoms with E-state index >= 15 is 0 Å². The number of nitrogens with one attached hydrogen (secondary N) is 1. The molecule has 1 amide bonds. The van der Waals surface area contributed by atoms with Gasteiger partial charge in [0.1, 0.15) is 5.75 Å². The first kappa shape index (κ1) is 21.6. The van der Waals surface area contributed by atoms with E-state index in [1.807, 2.05) is 0 Å². The summed E-state index contributed by atoms with van der Waals surface area (Å²) < 4.78 is 43.2. The normalized spacial score (nSPS) is 15.6. The molecular weight excluding hydrogens is 357 g/mol. The zero-order valence-electron chi connectivity index (χ0n) is 14.1. The number of halogens is 4. The molecule has 0 radical (unpaired) electrons. The number of ether oxygens (including phenoxy) is 1. The standard InChI is InChI=1S/C17H23F3N2O2.ClH/c1-2-21-11-13-6-8-22(9-7-13)16(23)12-24-15-5-3-4-14(10-15)17(18,19)20;/h3-5,10,13,21H,2,6-9,11-12H2,1H3;1H. The molecule has 1 N–H and O–H groups in total. The molecule has 0 saturated carbocycles. The van der Waals surface area contributed by atoms with Crippen molar-refractivity contribution in [1.82, 2.24) is 10.2 Å². The lowest BCUT2D eigenvalue weighted by molar-refractivity contribution is -0.137. The topological polar surface area (TPSA) is 41.6 Å². The molecule has 142 valence electrons. The van der Waals surface area contributed by atoms with Gasteiger partial charge >= 0.3 is 6.18 Å². The molecule has 25 heavy (non-hydrogen) atoms. The lowest BCUT2D eigenvalue weighted by atomic mass is 9.97. The quantitative estimate of drug-likeness (QED) is 0.822. The van der Waals surface area contributed by atoms with Crippen LogP contribution in [0, 0.1) is 5.92 Å². The Morgan fingerprint density at radius 3 is 2.60 bits per heavy atom. The summed E-state index contributed by atoms with van der Waals surface area (Å²) in [4.78, 5) is 13.9. The van der Waals surface area contributed by atoms with Crippen LogP contribution in [-0.2, 0) is 11.0 Å². The lowest BCUT2D eigenvalue weighted by Crippen LogP contribution is -2.42. The van der Waals surface area contributed by atoms with E-state index in [0.29, 0.717) is 19.0 Å². The number of carbonyl (C=O) groups excluding carboxylic acids is 1. The van der Waals surface area contributed by atoms with Gasteiger partial charge in [0.25, 0.3) is 5.91 Å². The molecule has 1 aliphatic heterocycles. The van der Waals surface area contributed by atoms with Crippen LogP contribution in [0.15, 0.2) is 24.3 Å². The fourth-order valence-electron chi connectivity index (χ4n) is 2.73. The lowest BCUT2D eigenvalue weighted by Gasteiger charge is -2.32. The van der Waals surface area contributed by atoms with Gasteiger partial charge in [-0.2, -0.15) is 13.2 Å². The maximum atomic E-state index is 12.6. The number of amides is 1. The van der Waals surface area contributed by atoms with Gasteiger partial charge in [0.15, 0.2) is 6.61 Å². The highest BCUT2D eigenvalue weighted by molar-refractivity contribution is 5.85. The minimum absolute atomic E-state index is 0. The van der Waals surface area contributed by atoms with Crippen molar-refractivity contribution in [3.05, 3.63) is 29.8 Å². The highest BCUT2D eigenvalue weighted by atomic mass is 35.5. The van der Waals surface area contributed by atoms with Gasteiger partial charge in [0.05, 0.1) is 5.56 Å². The van der Waals surface area contributed by atoms with Crippen LogP contribution >= 0.6 is 12.4 Å². The molecule has 1 aromatic carbocycles. The Kier molecular flexibility index (Phi) is 8.52. The summed E-state index contributed by atoms with van der Waals surface area (Å²) in [7, 11) is 0. The van der Waals surface area contributed by atoms with Crippen molar-refractivity contribution in [2.75, 3.05) is 32.8 Å². The number of hydrogen-bond acceptors (Lipinski definition) is 3. The van der Waals surface area contributed by atoms with Gasteiger partial charge in [0, 0.05) is 13.1 Å². The van der Waals surface area contributed by atoms with Gasteiger partial charge in [0.2, 0.25) is 0 Å². The van der Waals surface area contributed by atoms with Gasteiger partial charge in [-0.1, -0.05) is 13.0 Å². The van der Waals surface area contributed by atoms with E-state index in [2.05, 4.69) is 12.2 Å². The van der Waals surface area contributed by atoms with Crippen LogP contribution in [0.1, 0.15) is 25.3 Å². The largest absolute Gasteiger partial charge is 0.484 e. The molecule has 0 aliphatic carbocycles. The second-order valence-electron chi connectivity index (χ2n) is 5.95. The van der Waals surface area contributed by atoms with Crippen LogP contribution in [0.2, 0.25) is 0 Å². The Balaban J connectivity index is 0.00000312. The maximum absolute atomic E-state index is 12.6. The number of rotatable bonds is 6. The molecule has 4 nitrogen and oxygen atoms in total. The maximum Gasteiger partial charge on any atom is 0.416 e. The third-order valence-corrected chi connectivity index (χ3v) is 4.17. The average molecular weight is 381 g/mol. The van der Waals surface area contributed by atoms with Gasteiger partial charge in [-0.3, -0.25) is 4.79 Å². The summed E-state index contributed by atoms with van der Waals surface area (Å²) in [5.41, 5.74) is -0.781. The zero-order chi connectivity index (χ0) is 17.6. The van der Waals surface area contributed by atoms with Crippen molar-refractivity contribution in [2.24, 2.45) is 5.92 Å². The Hall–Kier alpha value is -1.47. The van der Waals surface area contributed by atoms with Crippen molar-refractivity contribution in [2.45, 2.75) is 25.9 Å². The van der Waals surface area contributed by atoms with Crippen LogP contribution in [0.25, 0.3) is 0 Å². The number of nitrogens with zero attached hydrogens (tertiary/aromatic N) is 1. The number of likely N-dealkylation sites (tertiary alicyclic amines) is 1. The molecule has 0 atom stereocenters. The molecule has 1 aliphatic rings. The molecule has 0 aromatic heterocycles. The van der Waals surface area contributed by atoms with Gasteiger partial charge in [-0.15, -0.1) is 12.4 Å². The molecule has 1 aromatic rings. The highest BCUT2D eigenvalue weighted by Crippen LogP contribution is 2.31. The molecule has 0 bridgehead atoms. The van der Waals surface area contributed by atoms with E-state index in [1.54, 1.807) is 4.90 Å². The summed E-state index contributed by atoms with van der Waals surface area (Å²) in [5.74, 6) is 0.438. The van der Waals surface area contributed by atoms with Crippen LogP contribution < -0.4 is 10.1 Å². The molecular formula is C17H24ClF3N2O2. The van der Waals surface area contributed by atoms with Gasteiger partial charge < -0.3 is 15.0 Å². The molecule has 1 fully saturated rings. The molecule has 8 heteroatoms. The van der Waals surface area contributed by atoms with Crippen molar-refractivity contribution in [3.63, 3.8) is 0 Å². The summed E-state index contributed by atoms with van der Waals surface area (Å²) >= 11 is 0. The van der Waals surface area contributed by atoms with E-state index < -0.39 is 11.7 Å². The Morgan fingerprint density at radius 1 is 1.32 bits per heavy atom. The summed E-state index contributed by atoms with van der Waals surface area (Å²) in [6.07, 6.45) is -2.55. The fraction of sp³-hybridized carbons (Fsp3) is 0.588. The molecule has 0 unspecified atom stereocenters. The van der Waals surface area contributed by atoms with Gasteiger partial charge in [-0.25, -0.2) is 0 Å². The van der Waals surface area contributed by atoms with Gasteiger partial charge in [-0.05, 0) is 50.0 Å². The molecule has 1 saturated heterocycles. The van der Waals surface area contributed by atoms with Crippen molar-refractivity contribution in [1.29, 1.82) is 0 Å². The molecule has 2 rings (SSSR count). The Bertz CT molecular complexity index is 547. The first-order valence-electron chi connectivity index (χ1n) is 8.18. The summed E-state index contributed by atoms with van der Waals surface area (Å²) in [6, 6.07) is 4.58. The minimum Gasteiger partial charge on any atom is -0.484 e. The van der Waals surface area contributed by atoms with E-state index in [9.17, 15) is 18.0 Å². The Morgan fingerprint density at radius 2 is 2.00 bits per heavy atom. The van der Waals surface area contributed by atoms with Crippen molar-refractivity contribution in [3.8, 4) is 5.75 Å². The van der Waals surface area contributed by atoms with Crippen molar-refractivity contribution >= 4 is 18.3 Å². The van der Waals surface area contributed by atoms with E-state index in [1.165, 1.54) is 12.1 Å². The SMILES string of the molecule is CCNCC1CCN(C(=O)COc2cccc(C(F)(F)F)c2)CC1.Cl. The molecule has 0 spiro atoms. The number of benzene rings is 1. The van der Waals surface area contributed by atoms with Crippen LogP contribution in [0.5, 0.6) is 5.75 Å². The van der Waals surface area contributed by atoms with Crippen LogP contribution in [0.4, 0.5) is 13.2 Å². The van der Waals surface area contributed by atoms with E-state index in [-0.39, 0.29) is 30.7 Å². The first-order chi connectivity index (χ1) is 11.4. The predicted molar refractivity (Wildman–Crippen MR) is 92.0 cm³/mol. The van der Waals surface area contributed by atoms with Crippen LogP contribution in [-0.4, -0.2) is 43.6 Å². The number of piperidine rings is 1. The fourth-order valence-corrected chi connectivity index (χ4v) is 2.73. The van der Waals surface area contributed by atoms with E-state index in [4.69, 9.17) is 4.74 Å². The number of hydrogen-bond donors (Lipinski definition) is 1. The second kappa shape index (κ2) is 9.87. The third kappa shape index (κ3) is 6.74. The third-order valence-electron chi connectivity index (χ3n) is 4.17. The van der Waals surface area contributed by atoms with Crippen molar-refractivity contribution < 1.29 is 22.7 Å². The predicted octanol–water partition coefficient (Wildman–Crippen LogP) is 3.35. The minimum atomic E-state index is -4.42. The Labute approximate surface area is 152 Å². The van der Waals surface area contributed by atoms with E-state index in [0.717, 1.165) is 38.1 Å². The smallest absolute Gasteiger partial charge is 0.416 e. The average Bonchev–Trinajstić information content (AvgIpc) is 2.58. The summed E-state index contributed by atoms with van der Waals surface area (Å²) in [5, 5.41) is 3.31. The molecule has 1 heterocycles. The summed E-state index contributed by atoms with van der Waals surface area (Å²) in [6.45, 7) is 5.05.